The minimum absolute atomic E-state index is 0.278. The highest BCUT2D eigenvalue weighted by molar-refractivity contribution is 6.12. The average molecular weight is 341 g/mol. The Kier molecular flexibility index (Phi) is 5.51. The third-order valence-electron chi connectivity index (χ3n) is 3.85. The molecule has 2 aromatic carbocycles. The number of rotatable bonds is 5. The normalized spacial score (nSPS) is 12.6. The maximum Gasteiger partial charge on any atom is 0.278 e. The first-order chi connectivity index (χ1) is 11.9. The molecular weight excluding hydrogens is 322 g/mol. The first-order valence-corrected chi connectivity index (χ1v) is 7.57. The molecule has 4 N–H and O–H groups in total. The highest BCUT2D eigenvalue weighted by Crippen LogP contribution is 2.19. The average Bonchev–Trinajstić information content (AvgIpc) is 2.67. The number of benzene rings is 2. The quantitative estimate of drug-likeness (QED) is 0.371. The molecule has 7 nitrogen and oxygen atoms in total. The van der Waals surface area contributed by atoms with Crippen LogP contribution in [0.2, 0.25) is 0 Å². The monoisotopic (exact) mass is 341 g/mol. The fourth-order valence-electron chi connectivity index (χ4n) is 2.32. The van der Waals surface area contributed by atoms with Crippen LogP contribution < -0.4 is 16.1 Å². The van der Waals surface area contributed by atoms with Crippen molar-refractivity contribution in [1.82, 2.24) is 16.1 Å². The molecule has 1 atom stereocenters. The molecule has 0 saturated heterocycles. The fourth-order valence-corrected chi connectivity index (χ4v) is 2.32. The maximum atomic E-state index is 12.4. The third kappa shape index (κ3) is 3.84. The number of carbonyl (C=O) groups excluding carboxylic acids is 3. The molecule has 0 aliphatic heterocycles. The predicted molar refractivity (Wildman–Crippen MR) is 91.7 cm³/mol. The van der Waals surface area contributed by atoms with E-state index in [9.17, 15) is 14.4 Å². The number of carbonyl (C=O) groups is 3. The number of amides is 3. The summed E-state index contributed by atoms with van der Waals surface area (Å²) in [5.41, 5.74) is 1.66. The summed E-state index contributed by atoms with van der Waals surface area (Å²) >= 11 is 0. The molecule has 0 heterocycles. The number of nitrogens with one attached hydrogen (secondary N) is 3. The topological polar surface area (TPSA) is 108 Å². The van der Waals surface area contributed by atoms with Gasteiger partial charge in [0.05, 0.1) is 0 Å². The van der Waals surface area contributed by atoms with Gasteiger partial charge >= 0.3 is 0 Å². The summed E-state index contributed by atoms with van der Waals surface area (Å²) in [7, 11) is 1.33. The summed E-state index contributed by atoms with van der Waals surface area (Å²) in [5, 5.41) is 13.5. The Morgan fingerprint density at radius 1 is 0.880 bits per heavy atom. The van der Waals surface area contributed by atoms with E-state index in [4.69, 9.17) is 5.21 Å². The van der Waals surface area contributed by atoms with E-state index >= 15 is 0 Å². The van der Waals surface area contributed by atoms with Crippen molar-refractivity contribution in [3.63, 3.8) is 0 Å². The van der Waals surface area contributed by atoms with E-state index < -0.39 is 23.3 Å². The van der Waals surface area contributed by atoms with Crippen molar-refractivity contribution >= 4 is 17.7 Å². The Morgan fingerprint density at radius 3 is 1.96 bits per heavy atom. The van der Waals surface area contributed by atoms with Crippen LogP contribution in [0.5, 0.6) is 0 Å². The molecule has 0 fully saturated rings. The lowest BCUT2D eigenvalue weighted by molar-refractivity contribution is -0.143. The van der Waals surface area contributed by atoms with Gasteiger partial charge in [-0.3, -0.25) is 19.6 Å². The largest absolute Gasteiger partial charge is 0.357 e. The molecule has 2 aromatic rings. The minimum Gasteiger partial charge on any atom is -0.357 e. The van der Waals surface area contributed by atoms with E-state index in [0.29, 0.717) is 0 Å². The van der Waals surface area contributed by atoms with Gasteiger partial charge in [0.1, 0.15) is 0 Å². The van der Waals surface area contributed by atoms with Crippen LogP contribution in [0.4, 0.5) is 0 Å². The zero-order chi connectivity index (χ0) is 18.4. The van der Waals surface area contributed by atoms with Crippen molar-refractivity contribution in [2.45, 2.75) is 12.5 Å². The van der Waals surface area contributed by atoms with Crippen LogP contribution in [-0.4, -0.2) is 35.5 Å². The lowest BCUT2D eigenvalue weighted by Gasteiger charge is -2.26. The molecule has 25 heavy (non-hydrogen) atoms. The van der Waals surface area contributed by atoms with Crippen LogP contribution in [0.25, 0.3) is 11.1 Å². The van der Waals surface area contributed by atoms with Crippen LogP contribution in [0, 0.1) is 0 Å². The van der Waals surface area contributed by atoms with Crippen LogP contribution in [0.15, 0.2) is 54.6 Å². The lowest BCUT2D eigenvalue weighted by Crippen LogP contribution is -2.64. The molecule has 0 saturated carbocycles. The molecule has 7 heteroatoms. The standard InChI is InChI=1S/C18H19N3O4/c1-18(16(23)19-2,17(24)21-25)20-15(22)14-10-8-13(9-11-14)12-6-4-3-5-7-12/h3-11,25H,1-2H3,(H,19,23)(H,20,22)(H,21,24). The highest BCUT2D eigenvalue weighted by atomic mass is 16.5. The van der Waals surface area contributed by atoms with Crippen LogP contribution in [0.3, 0.4) is 0 Å². The Hall–Kier alpha value is -3.19. The van der Waals surface area contributed by atoms with Crippen molar-refractivity contribution in [3.8, 4) is 11.1 Å². The molecule has 130 valence electrons. The van der Waals surface area contributed by atoms with E-state index in [-0.39, 0.29) is 5.56 Å². The van der Waals surface area contributed by atoms with Crippen molar-refractivity contribution in [1.29, 1.82) is 0 Å². The maximum absolute atomic E-state index is 12.4. The molecule has 0 aliphatic carbocycles. The molecule has 3 amide bonds. The van der Waals surface area contributed by atoms with Crippen LogP contribution >= 0.6 is 0 Å². The Bertz CT molecular complexity index is 757. The van der Waals surface area contributed by atoms with Crippen molar-refractivity contribution in [2.75, 3.05) is 7.05 Å². The predicted octanol–water partition coefficient (Wildman–Crippen LogP) is 1.09. The van der Waals surface area contributed by atoms with E-state index in [0.717, 1.165) is 11.1 Å². The van der Waals surface area contributed by atoms with E-state index in [1.54, 1.807) is 24.3 Å². The number of hydroxylamine groups is 1. The second-order valence-electron chi connectivity index (χ2n) is 5.54. The molecular formula is C18H19N3O4. The van der Waals surface area contributed by atoms with Gasteiger partial charge in [0.25, 0.3) is 17.7 Å². The van der Waals surface area contributed by atoms with E-state index in [1.165, 1.54) is 19.5 Å². The first kappa shape index (κ1) is 18.2. The molecule has 0 bridgehead atoms. The summed E-state index contributed by atoms with van der Waals surface area (Å²) in [6.45, 7) is 1.20. The third-order valence-corrected chi connectivity index (χ3v) is 3.85. The van der Waals surface area contributed by atoms with Gasteiger partial charge in [0, 0.05) is 12.6 Å². The first-order valence-electron chi connectivity index (χ1n) is 7.57. The molecule has 1 unspecified atom stereocenters. The van der Waals surface area contributed by atoms with Gasteiger partial charge in [-0.2, -0.15) is 0 Å². The summed E-state index contributed by atoms with van der Waals surface area (Å²) < 4.78 is 0. The highest BCUT2D eigenvalue weighted by Gasteiger charge is 2.42. The lowest BCUT2D eigenvalue weighted by atomic mass is 9.98. The number of likely N-dealkylation sites (N-methyl/N-ethyl adjacent to an activating group) is 1. The Morgan fingerprint density at radius 2 is 1.44 bits per heavy atom. The second-order valence-corrected chi connectivity index (χ2v) is 5.54. The smallest absolute Gasteiger partial charge is 0.278 e. The van der Waals surface area contributed by atoms with Gasteiger partial charge in [0.2, 0.25) is 0 Å². The molecule has 2 rings (SSSR count). The zero-order valence-electron chi connectivity index (χ0n) is 13.9. The summed E-state index contributed by atoms with van der Waals surface area (Å²) in [6, 6.07) is 16.4. The molecule has 0 radical (unpaired) electrons. The van der Waals surface area contributed by atoms with Gasteiger partial charge < -0.3 is 10.6 Å². The van der Waals surface area contributed by atoms with Gasteiger partial charge in [-0.25, -0.2) is 5.48 Å². The molecule has 0 aliphatic rings. The van der Waals surface area contributed by atoms with Crippen molar-refractivity contribution < 1.29 is 19.6 Å². The molecule has 0 aromatic heterocycles. The van der Waals surface area contributed by atoms with Gasteiger partial charge in [0.15, 0.2) is 5.54 Å². The van der Waals surface area contributed by atoms with Crippen molar-refractivity contribution in [2.24, 2.45) is 0 Å². The second kappa shape index (κ2) is 7.59. The van der Waals surface area contributed by atoms with Crippen LogP contribution in [0.1, 0.15) is 17.3 Å². The number of hydrogen-bond acceptors (Lipinski definition) is 4. The Labute approximate surface area is 145 Å². The van der Waals surface area contributed by atoms with E-state index in [2.05, 4.69) is 10.6 Å². The Balaban J connectivity index is 2.22. The zero-order valence-corrected chi connectivity index (χ0v) is 13.9. The fraction of sp³-hybridized carbons (Fsp3) is 0.167. The summed E-state index contributed by atoms with van der Waals surface area (Å²) in [4.78, 5) is 36.1. The molecule has 0 spiro atoms. The van der Waals surface area contributed by atoms with E-state index in [1.807, 2.05) is 30.3 Å². The van der Waals surface area contributed by atoms with Gasteiger partial charge in [-0.1, -0.05) is 42.5 Å². The minimum atomic E-state index is -1.95. The van der Waals surface area contributed by atoms with Crippen LogP contribution in [-0.2, 0) is 9.59 Å². The summed E-state index contributed by atoms with van der Waals surface area (Å²) in [5.74, 6) is -2.41. The van der Waals surface area contributed by atoms with Gasteiger partial charge in [-0.15, -0.1) is 0 Å². The van der Waals surface area contributed by atoms with Crippen molar-refractivity contribution in [3.05, 3.63) is 60.2 Å². The summed E-state index contributed by atoms with van der Waals surface area (Å²) in [6.07, 6.45) is 0. The van der Waals surface area contributed by atoms with Gasteiger partial charge in [-0.05, 0) is 30.2 Å². The number of hydrogen-bond donors (Lipinski definition) is 4. The SMILES string of the molecule is CNC(=O)C(C)(NC(=O)c1ccc(-c2ccccc2)cc1)C(=O)NO.